The van der Waals surface area contributed by atoms with Gasteiger partial charge in [-0.2, -0.15) is 8.42 Å². The van der Waals surface area contributed by atoms with Crippen molar-refractivity contribution in [1.29, 1.82) is 0 Å². The van der Waals surface area contributed by atoms with Gasteiger partial charge in [0.15, 0.2) is 0 Å². The largest absolute Gasteiger partial charge is 0.331 e. The summed E-state index contributed by atoms with van der Waals surface area (Å²) in [5.74, 6) is 0. The molecule has 0 amide bonds. The number of carbonyl (C=O) groups excluding carboxylic acids is 1. The highest BCUT2D eigenvalue weighted by Gasteiger charge is 2.20. The van der Waals surface area contributed by atoms with Crippen molar-refractivity contribution in [2.75, 3.05) is 6.61 Å². The van der Waals surface area contributed by atoms with E-state index in [2.05, 4.69) is 10.8 Å². The van der Waals surface area contributed by atoms with E-state index in [9.17, 15) is 13.2 Å². The van der Waals surface area contributed by atoms with Crippen molar-refractivity contribution in [3.8, 4) is 0 Å². The van der Waals surface area contributed by atoms with Crippen molar-refractivity contribution >= 4 is 15.2 Å². The minimum atomic E-state index is -4.01. The second kappa shape index (κ2) is 6.73. The molecule has 0 bridgehead atoms. The first kappa shape index (κ1) is 13.3. The normalized spacial score (nSPS) is 11.2. The van der Waals surface area contributed by atoms with Crippen LogP contribution >= 0.6 is 0 Å². The average Bonchev–Trinajstić information content (AvgIpc) is 2.13. The summed E-state index contributed by atoms with van der Waals surface area (Å²) in [5, 5.41) is -0.927. The predicted octanol–water partition coefficient (Wildman–Crippen LogP) is 1.63. The van der Waals surface area contributed by atoms with Gasteiger partial charge < -0.3 is 0 Å². The van der Waals surface area contributed by atoms with Crippen LogP contribution in [0.5, 0.6) is 0 Å². The molecule has 0 aromatic rings. The number of carbonyl (C=O) groups is 1. The molecular weight excluding hydrogens is 204 g/mol. The molecule has 0 unspecified atom stereocenters. The summed E-state index contributed by atoms with van der Waals surface area (Å²) in [4.78, 5) is 10.9. The van der Waals surface area contributed by atoms with Crippen LogP contribution in [0, 0.1) is 0 Å². The lowest BCUT2D eigenvalue weighted by atomic mass is 10.3. The molecule has 4 nitrogen and oxygen atoms in total. The van der Waals surface area contributed by atoms with E-state index in [-0.39, 0.29) is 13.0 Å². The Bertz CT molecular complexity index is 279. The Labute approximate surface area is 85.1 Å². The van der Waals surface area contributed by atoms with Crippen LogP contribution in [0.1, 0.15) is 32.6 Å². The third-order valence-corrected chi connectivity index (χ3v) is 2.78. The third-order valence-electron chi connectivity index (χ3n) is 1.58. The van der Waals surface area contributed by atoms with Crippen LogP contribution in [0.4, 0.5) is 0 Å². The molecule has 5 heteroatoms. The topological polar surface area (TPSA) is 60.4 Å². The van der Waals surface area contributed by atoms with Gasteiger partial charge in [0.2, 0.25) is 0 Å². The van der Waals surface area contributed by atoms with Gasteiger partial charge in [0.1, 0.15) is 0 Å². The van der Waals surface area contributed by atoms with Crippen LogP contribution in [0.25, 0.3) is 0 Å². The van der Waals surface area contributed by atoms with Gasteiger partial charge in [-0.3, -0.25) is 8.98 Å². The summed E-state index contributed by atoms with van der Waals surface area (Å²) in [7, 11) is -4.01. The lowest BCUT2D eigenvalue weighted by Crippen LogP contribution is -2.17. The molecule has 0 rings (SSSR count). The molecule has 0 aromatic heterocycles. The number of hydrogen-bond donors (Lipinski definition) is 0. The summed E-state index contributed by atoms with van der Waals surface area (Å²) >= 11 is 0. The predicted molar refractivity (Wildman–Crippen MR) is 54.2 cm³/mol. The second-order valence-electron chi connectivity index (χ2n) is 2.85. The van der Waals surface area contributed by atoms with Crippen molar-refractivity contribution in [1.82, 2.24) is 0 Å². The molecule has 0 aliphatic heterocycles. The SMILES string of the molecule is C=CCC(=O)S(=O)(=O)OCCCCC. The fourth-order valence-corrected chi connectivity index (χ4v) is 1.60. The molecule has 0 spiro atoms. The monoisotopic (exact) mass is 220 g/mol. The summed E-state index contributed by atoms with van der Waals surface area (Å²) in [5.41, 5.74) is 0. The van der Waals surface area contributed by atoms with Crippen LogP contribution in [-0.4, -0.2) is 20.1 Å². The standard InChI is InChI=1S/C9H16O4S/c1-3-5-6-8-13-14(11,12)9(10)7-4-2/h4H,2-3,5-8H2,1H3. The van der Waals surface area contributed by atoms with E-state index in [1.54, 1.807) is 0 Å². The molecule has 0 aliphatic carbocycles. The lowest BCUT2D eigenvalue weighted by Gasteiger charge is -2.02. The second-order valence-corrected chi connectivity index (χ2v) is 4.45. The number of unbranched alkanes of at least 4 members (excludes halogenated alkanes) is 2. The molecule has 0 atom stereocenters. The number of rotatable bonds is 7. The highest BCUT2D eigenvalue weighted by atomic mass is 32.2. The maximum atomic E-state index is 11.1. The molecule has 0 aromatic carbocycles. The Hall–Kier alpha value is -0.680. The van der Waals surface area contributed by atoms with E-state index in [4.69, 9.17) is 0 Å². The highest BCUT2D eigenvalue weighted by molar-refractivity contribution is 8.02. The Balaban J connectivity index is 3.95. The summed E-state index contributed by atoms with van der Waals surface area (Å²) in [6.45, 7) is 5.36. The summed E-state index contributed by atoms with van der Waals surface area (Å²) in [6.07, 6.45) is 3.57. The minimum absolute atomic E-state index is 0.0824. The van der Waals surface area contributed by atoms with E-state index < -0.39 is 15.2 Å². The van der Waals surface area contributed by atoms with Crippen molar-refractivity contribution in [2.45, 2.75) is 32.6 Å². The Morgan fingerprint density at radius 2 is 2.07 bits per heavy atom. The molecule has 14 heavy (non-hydrogen) atoms. The van der Waals surface area contributed by atoms with Crippen molar-refractivity contribution < 1.29 is 17.4 Å². The van der Waals surface area contributed by atoms with Crippen LogP contribution in [-0.2, 0) is 19.1 Å². The van der Waals surface area contributed by atoms with Gasteiger partial charge in [-0.1, -0.05) is 25.8 Å². The molecule has 0 saturated carbocycles. The van der Waals surface area contributed by atoms with E-state index in [1.165, 1.54) is 6.08 Å². The zero-order valence-corrected chi connectivity index (χ0v) is 9.18. The van der Waals surface area contributed by atoms with E-state index in [0.717, 1.165) is 12.8 Å². The van der Waals surface area contributed by atoms with E-state index in [1.807, 2.05) is 6.92 Å². The maximum Gasteiger partial charge on any atom is 0.331 e. The van der Waals surface area contributed by atoms with E-state index in [0.29, 0.717) is 6.42 Å². The number of allylic oxidation sites excluding steroid dienone is 1. The van der Waals surface area contributed by atoms with Gasteiger partial charge in [-0.15, -0.1) is 6.58 Å². The van der Waals surface area contributed by atoms with Gasteiger partial charge in [0.05, 0.1) is 6.61 Å². The third kappa shape index (κ3) is 5.14. The molecule has 0 fully saturated rings. The van der Waals surface area contributed by atoms with Crippen molar-refractivity contribution in [3.05, 3.63) is 12.7 Å². The number of hydrogen-bond acceptors (Lipinski definition) is 4. The quantitative estimate of drug-likeness (QED) is 0.371. The zero-order valence-electron chi connectivity index (χ0n) is 8.36. The molecule has 0 aliphatic rings. The zero-order chi connectivity index (χ0) is 11.0. The van der Waals surface area contributed by atoms with Crippen LogP contribution in [0.3, 0.4) is 0 Å². The van der Waals surface area contributed by atoms with E-state index >= 15 is 0 Å². The Kier molecular flexibility index (Phi) is 6.40. The van der Waals surface area contributed by atoms with Crippen molar-refractivity contribution in [3.63, 3.8) is 0 Å². The van der Waals surface area contributed by atoms with Crippen LogP contribution < -0.4 is 0 Å². The Morgan fingerprint density at radius 3 is 2.57 bits per heavy atom. The highest BCUT2D eigenvalue weighted by Crippen LogP contribution is 2.02. The maximum absolute atomic E-state index is 11.1. The average molecular weight is 220 g/mol. The fourth-order valence-electron chi connectivity index (χ4n) is 0.806. The van der Waals surface area contributed by atoms with Crippen LogP contribution in [0.15, 0.2) is 12.7 Å². The van der Waals surface area contributed by atoms with Crippen molar-refractivity contribution in [2.24, 2.45) is 0 Å². The fraction of sp³-hybridized carbons (Fsp3) is 0.667. The minimum Gasteiger partial charge on any atom is -0.279 e. The van der Waals surface area contributed by atoms with Gasteiger partial charge in [0.25, 0.3) is 5.12 Å². The molecule has 0 radical (unpaired) electrons. The molecular formula is C9H16O4S. The van der Waals surface area contributed by atoms with Gasteiger partial charge >= 0.3 is 10.1 Å². The van der Waals surface area contributed by atoms with Gasteiger partial charge in [-0.25, -0.2) is 0 Å². The first-order valence-corrected chi connectivity index (χ1v) is 5.98. The first-order chi connectivity index (χ1) is 6.54. The molecule has 0 heterocycles. The van der Waals surface area contributed by atoms with Gasteiger partial charge in [0, 0.05) is 6.42 Å². The molecule has 0 saturated heterocycles. The first-order valence-electron chi connectivity index (χ1n) is 4.57. The van der Waals surface area contributed by atoms with Crippen LogP contribution in [0.2, 0.25) is 0 Å². The Morgan fingerprint density at radius 1 is 1.43 bits per heavy atom. The lowest BCUT2D eigenvalue weighted by molar-refractivity contribution is -0.111. The smallest absolute Gasteiger partial charge is 0.279 e. The summed E-state index contributed by atoms with van der Waals surface area (Å²) < 4.78 is 26.6. The van der Waals surface area contributed by atoms with Gasteiger partial charge in [-0.05, 0) is 6.42 Å². The summed E-state index contributed by atoms with van der Waals surface area (Å²) in [6, 6.07) is 0. The molecule has 82 valence electrons. The molecule has 0 N–H and O–H groups in total.